The van der Waals surface area contributed by atoms with E-state index in [-0.39, 0.29) is 0 Å². The highest BCUT2D eigenvalue weighted by Crippen LogP contribution is 2.36. The largest absolute Gasteiger partial charge is 0.463 e. The van der Waals surface area contributed by atoms with Crippen molar-refractivity contribution >= 4 is 41.8 Å². The van der Waals surface area contributed by atoms with E-state index in [2.05, 4.69) is 0 Å². The van der Waals surface area contributed by atoms with Crippen molar-refractivity contribution in [3.63, 3.8) is 0 Å². The first-order valence-corrected chi connectivity index (χ1v) is 15.7. The Kier molecular flexibility index (Phi) is 14.7. The molecule has 0 N–H and O–H groups in total. The summed E-state index contributed by atoms with van der Waals surface area (Å²) in [5, 5.41) is 0. The van der Waals surface area contributed by atoms with E-state index in [9.17, 15) is 33.6 Å². The number of carbonyl (C=O) groups is 7. The van der Waals surface area contributed by atoms with Gasteiger partial charge >= 0.3 is 41.8 Å². The molecular weight excluding hydrogens is 684 g/mol. The Balaban J connectivity index is 2.16. The van der Waals surface area contributed by atoms with Crippen molar-refractivity contribution in [2.24, 2.45) is 0 Å². The molecule has 3 rings (SSSR count). The van der Waals surface area contributed by atoms with Crippen LogP contribution in [0.15, 0.2) is 30.3 Å². The summed E-state index contributed by atoms with van der Waals surface area (Å²) < 4.78 is 70.7. The molecule has 0 spiro atoms. The summed E-state index contributed by atoms with van der Waals surface area (Å²) in [6.07, 6.45) is -16.2. The normalized spacial score (nSPS) is 29.6. The molecule has 2 fully saturated rings. The summed E-state index contributed by atoms with van der Waals surface area (Å²) in [7, 11) is 0. The molecule has 0 aromatic heterocycles. The Hall–Kier alpha value is -4.65. The van der Waals surface area contributed by atoms with Crippen LogP contribution in [-0.2, 0) is 92.3 Å². The van der Waals surface area contributed by atoms with Crippen LogP contribution in [0.5, 0.6) is 0 Å². The lowest BCUT2D eigenvalue weighted by atomic mass is 9.96. The minimum Gasteiger partial charge on any atom is -0.463 e. The molecule has 0 radical (unpaired) electrons. The number of carbonyl (C=O) groups excluding carboxylic acids is 7. The van der Waals surface area contributed by atoms with Gasteiger partial charge in [-0.15, -0.1) is 0 Å². The molecule has 0 saturated carbocycles. The predicted molar refractivity (Wildman–Crippen MR) is 164 cm³/mol. The first-order chi connectivity index (χ1) is 24.5. The Morgan fingerprint density at radius 2 is 0.961 bits per heavy atom. The van der Waals surface area contributed by atoms with E-state index >= 15 is 0 Å². The van der Waals surface area contributed by atoms with Crippen LogP contribution in [-0.4, -0.2) is 116 Å². The van der Waals surface area contributed by atoms with Gasteiger partial charge in [-0.1, -0.05) is 30.3 Å². The lowest BCUT2D eigenvalue weighted by Gasteiger charge is -2.48. The molecule has 2 aliphatic heterocycles. The second-order valence-corrected chi connectivity index (χ2v) is 11.3. The van der Waals surface area contributed by atoms with E-state index < -0.39 is 123 Å². The van der Waals surface area contributed by atoms with Crippen molar-refractivity contribution in [2.75, 3.05) is 13.2 Å². The van der Waals surface area contributed by atoms with Crippen molar-refractivity contribution in [2.45, 2.75) is 116 Å². The second-order valence-electron chi connectivity index (χ2n) is 11.3. The van der Waals surface area contributed by atoms with Gasteiger partial charge in [0.05, 0.1) is 7.95 Å². The zero-order chi connectivity index (χ0) is 38.7. The minimum atomic E-state index is -1.85. The molecule has 51 heavy (non-hydrogen) atoms. The Labute approximate surface area is 294 Å². The molecule has 2 heterocycles. The van der Waals surface area contributed by atoms with Gasteiger partial charge < -0.3 is 52.1 Å². The maximum Gasteiger partial charge on any atom is 0.305 e. The molecule has 1 aromatic rings. The minimum absolute atomic E-state index is 0.380. The molecule has 18 heteroatoms. The summed E-state index contributed by atoms with van der Waals surface area (Å²) in [6, 6.07) is 8.23. The number of benzene rings is 1. The summed E-state index contributed by atoms with van der Waals surface area (Å²) >= 11 is 0. The molecule has 0 bridgehead atoms. The molecule has 11 atom stereocenters. The van der Waals surface area contributed by atoms with Gasteiger partial charge in [-0.25, -0.2) is 0 Å². The van der Waals surface area contributed by atoms with E-state index in [1.165, 1.54) is 0 Å². The molecule has 2 unspecified atom stereocenters. The molecule has 0 aliphatic carbocycles. The number of rotatable bonds is 14. The highest BCUT2D eigenvalue weighted by molar-refractivity contribution is 5.69. The third kappa shape index (κ3) is 12.6. The van der Waals surface area contributed by atoms with Gasteiger partial charge in [0.2, 0.25) is 6.29 Å². The van der Waals surface area contributed by atoms with Crippen LogP contribution in [0.1, 0.15) is 55.4 Å². The number of hydrogen-bond donors (Lipinski definition) is 0. The zero-order valence-electron chi connectivity index (χ0n) is 30.0. The molecule has 0 amide bonds. The van der Waals surface area contributed by atoms with E-state index in [4.69, 9.17) is 53.5 Å². The standard InChI is InChI=1S/C33H42O18/c1-16(34)41-14-24-26(43-13-23-11-9-8-10-12-23)28(45-19(4)37)30(47-21(6)39)33(49-24)51-31-29(46-20(5)38)27(44-18(3)36)25(15-42-17(2)35)50-32(31)48-22(7)40/h8-12,24-33H,13-15H2,1-7H3/t24-,25+,26-,27-,28+,29+,30+,31+,32+,33?/m1/s1/i13D/t13?,24-,25+,26-,27-,28+,29+,30+,31+,32+,33?. The lowest BCUT2D eigenvalue weighted by Crippen LogP contribution is -2.67. The SMILES string of the molecule is [2H]C(O[C@H]1[C@H](OC(C)=O)[C@H](OC(C)=O)C(O[C@@H]2[C@@H](OC(C)=O)O[C@@H](COC(C)=O)[C@@H](OC(C)=O)[C@@H]2OC(C)=O)O[C@@H]1COC(C)=O)c1ccccc1. The van der Waals surface area contributed by atoms with Crippen LogP contribution in [0.25, 0.3) is 0 Å². The first kappa shape index (κ1) is 39.1. The monoisotopic (exact) mass is 727 g/mol. The Morgan fingerprint density at radius 3 is 1.45 bits per heavy atom. The zero-order valence-corrected chi connectivity index (χ0v) is 29.0. The fourth-order valence-electron chi connectivity index (χ4n) is 5.25. The lowest BCUT2D eigenvalue weighted by molar-refractivity contribution is -0.366. The number of esters is 7. The first-order valence-electron chi connectivity index (χ1n) is 16.3. The van der Waals surface area contributed by atoms with Gasteiger partial charge in [-0.2, -0.15) is 0 Å². The van der Waals surface area contributed by atoms with Gasteiger partial charge in [0.15, 0.2) is 36.8 Å². The van der Waals surface area contributed by atoms with Crippen molar-refractivity contribution in [3.8, 4) is 0 Å². The average Bonchev–Trinajstić information content (AvgIpc) is 3.03. The van der Waals surface area contributed by atoms with E-state index in [0.717, 1.165) is 48.5 Å². The van der Waals surface area contributed by atoms with Gasteiger partial charge in [0, 0.05) is 48.5 Å². The average molecular weight is 728 g/mol. The quantitative estimate of drug-likeness (QED) is 0.191. The van der Waals surface area contributed by atoms with Crippen LogP contribution in [0.4, 0.5) is 0 Å². The smallest absolute Gasteiger partial charge is 0.305 e. The van der Waals surface area contributed by atoms with Crippen molar-refractivity contribution < 1.29 is 87.0 Å². The Bertz CT molecular complexity index is 1440. The van der Waals surface area contributed by atoms with Crippen molar-refractivity contribution in [3.05, 3.63) is 35.9 Å². The van der Waals surface area contributed by atoms with E-state index in [0.29, 0.717) is 5.56 Å². The molecule has 18 nitrogen and oxygen atoms in total. The number of hydrogen-bond acceptors (Lipinski definition) is 18. The van der Waals surface area contributed by atoms with Gasteiger partial charge in [0.25, 0.3) is 0 Å². The second kappa shape index (κ2) is 19.1. The summed E-state index contributed by atoms with van der Waals surface area (Å²) in [5.74, 6) is -6.02. The number of ether oxygens (including phenoxy) is 11. The van der Waals surface area contributed by atoms with Gasteiger partial charge in [0.1, 0.15) is 31.5 Å². The summed E-state index contributed by atoms with van der Waals surface area (Å²) in [5.41, 5.74) is 0.380. The third-order valence-corrected chi connectivity index (χ3v) is 7.03. The predicted octanol–water partition coefficient (Wildman–Crippen LogP) is 0.823. The molecule has 2 aliphatic rings. The molecule has 282 valence electrons. The van der Waals surface area contributed by atoms with Gasteiger partial charge in [-0.3, -0.25) is 33.6 Å². The van der Waals surface area contributed by atoms with E-state index in [1.807, 2.05) is 0 Å². The maximum atomic E-state index is 12.5. The topological polar surface area (TPSA) is 221 Å². The van der Waals surface area contributed by atoms with Crippen LogP contribution in [0.3, 0.4) is 0 Å². The molecule has 1 aromatic carbocycles. The third-order valence-electron chi connectivity index (χ3n) is 7.03. The van der Waals surface area contributed by atoms with Gasteiger partial charge in [-0.05, 0) is 5.56 Å². The highest BCUT2D eigenvalue weighted by atomic mass is 16.8. The fourth-order valence-corrected chi connectivity index (χ4v) is 5.25. The van der Waals surface area contributed by atoms with Crippen molar-refractivity contribution in [1.82, 2.24) is 0 Å². The molecular formula is C33H42O18. The van der Waals surface area contributed by atoms with Crippen LogP contribution in [0.2, 0.25) is 0 Å². The summed E-state index contributed by atoms with van der Waals surface area (Å²) in [4.78, 5) is 85.6. The van der Waals surface area contributed by atoms with Crippen molar-refractivity contribution in [1.29, 1.82) is 0 Å². The Morgan fingerprint density at radius 1 is 0.529 bits per heavy atom. The van der Waals surface area contributed by atoms with E-state index in [1.54, 1.807) is 30.3 Å². The van der Waals surface area contributed by atoms with Crippen LogP contribution in [0, 0.1) is 0 Å². The van der Waals surface area contributed by atoms with Crippen LogP contribution < -0.4 is 0 Å². The maximum absolute atomic E-state index is 12.5. The van der Waals surface area contributed by atoms with Crippen LogP contribution >= 0.6 is 0 Å². The highest BCUT2D eigenvalue weighted by Gasteiger charge is 2.57. The molecule has 2 saturated heterocycles. The summed E-state index contributed by atoms with van der Waals surface area (Å²) in [6.45, 7) is 4.85. The fraction of sp³-hybridized carbons (Fsp3) is 0.606.